The minimum Gasteiger partial charge on any atom is -0.370 e. The second-order valence-corrected chi connectivity index (χ2v) is 5.31. The van der Waals surface area contributed by atoms with Crippen molar-refractivity contribution in [3.05, 3.63) is 34.9 Å². The molecule has 2 unspecified atom stereocenters. The molecule has 4 heteroatoms. The molecule has 0 radical (unpaired) electrons. The lowest BCUT2D eigenvalue weighted by atomic mass is 9.97. The molecule has 2 atom stereocenters. The first-order valence-electron chi connectivity index (χ1n) is 6.85. The van der Waals surface area contributed by atoms with Gasteiger partial charge in [-0.3, -0.25) is 4.90 Å². The van der Waals surface area contributed by atoms with Crippen LogP contribution in [0.4, 0.5) is 0 Å². The number of hydrogen-bond acceptors (Lipinski definition) is 4. The summed E-state index contributed by atoms with van der Waals surface area (Å²) >= 11 is 0. The van der Waals surface area contributed by atoms with Crippen LogP contribution in [0.15, 0.2) is 18.2 Å². The van der Waals surface area contributed by atoms with Gasteiger partial charge in [-0.2, -0.15) is 5.26 Å². The van der Waals surface area contributed by atoms with Gasteiger partial charge >= 0.3 is 0 Å². The van der Waals surface area contributed by atoms with Crippen molar-refractivity contribution in [2.75, 3.05) is 32.8 Å². The fraction of sp³-hybridized carbons (Fsp3) is 0.533. The molecular formula is C15H19N3O. The van der Waals surface area contributed by atoms with Gasteiger partial charge < -0.3 is 10.1 Å². The van der Waals surface area contributed by atoms with Crippen LogP contribution < -0.4 is 5.32 Å². The predicted octanol–water partition coefficient (Wildman–Crippen LogP) is 1.21. The second-order valence-electron chi connectivity index (χ2n) is 5.31. The molecule has 4 nitrogen and oxygen atoms in total. The number of nitrogens with zero attached hydrogens (tertiary/aromatic N) is 2. The lowest BCUT2D eigenvalue weighted by Gasteiger charge is -2.43. The van der Waals surface area contributed by atoms with Gasteiger partial charge in [0, 0.05) is 32.2 Å². The van der Waals surface area contributed by atoms with E-state index < -0.39 is 0 Å². The number of benzene rings is 1. The Balaban J connectivity index is 1.82. The average molecular weight is 257 g/mol. The Morgan fingerprint density at radius 2 is 2.37 bits per heavy atom. The van der Waals surface area contributed by atoms with Gasteiger partial charge in [0.2, 0.25) is 0 Å². The van der Waals surface area contributed by atoms with Gasteiger partial charge in [-0.05, 0) is 24.1 Å². The van der Waals surface area contributed by atoms with Crippen LogP contribution in [-0.2, 0) is 4.74 Å². The van der Waals surface area contributed by atoms with Crippen molar-refractivity contribution in [2.45, 2.75) is 19.1 Å². The summed E-state index contributed by atoms with van der Waals surface area (Å²) in [4.78, 5) is 2.50. The Bertz CT molecular complexity index is 509. The maximum absolute atomic E-state index is 9.12. The van der Waals surface area contributed by atoms with Crippen LogP contribution in [0.5, 0.6) is 0 Å². The molecule has 19 heavy (non-hydrogen) atoms. The van der Waals surface area contributed by atoms with E-state index in [4.69, 9.17) is 10.00 Å². The highest BCUT2D eigenvalue weighted by Crippen LogP contribution is 2.28. The van der Waals surface area contributed by atoms with E-state index in [2.05, 4.69) is 22.4 Å². The van der Waals surface area contributed by atoms with Crippen molar-refractivity contribution in [1.82, 2.24) is 10.2 Å². The van der Waals surface area contributed by atoms with Gasteiger partial charge in [-0.25, -0.2) is 0 Å². The van der Waals surface area contributed by atoms with E-state index >= 15 is 0 Å². The van der Waals surface area contributed by atoms with Gasteiger partial charge in [-0.1, -0.05) is 12.1 Å². The van der Waals surface area contributed by atoms with E-state index in [0.717, 1.165) is 49.5 Å². The Morgan fingerprint density at radius 3 is 3.21 bits per heavy atom. The summed E-state index contributed by atoms with van der Waals surface area (Å²) in [6, 6.07) is 8.67. The lowest BCUT2D eigenvalue weighted by molar-refractivity contribution is -0.0720. The van der Waals surface area contributed by atoms with Crippen LogP contribution in [0.1, 0.15) is 22.8 Å². The number of morpholine rings is 1. The quantitative estimate of drug-likeness (QED) is 0.821. The largest absolute Gasteiger partial charge is 0.370 e. The number of hydrogen-bond donors (Lipinski definition) is 1. The zero-order chi connectivity index (χ0) is 13.2. The third-order valence-corrected chi connectivity index (χ3v) is 4.21. The molecule has 2 aliphatic heterocycles. The highest BCUT2D eigenvalue weighted by Gasteiger charge is 2.31. The summed E-state index contributed by atoms with van der Waals surface area (Å²) in [7, 11) is 0. The molecule has 0 amide bonds. The Labute approximate surface area is 114 Å². The minimum atomic E-state index is 0.0997. The molecule has 0 bridgehead atoms. The Hall–Kier alpha value is -1.41. The van der Waals surface area contributed by atoms with Crippen LogP contribution >= 0.6 is 0 Å². The van der Waals surface area contributed by atoms with Crippen LogP contribution in [0.3, 0.4) is 0 Å². The van der Waals surface area contributed by atoms with E-state index in [9.17, 15) is 0 Å². The lowest BCUT2D eigenvalue weighted by Crippen LogP contribution is -2.57. The Kier molecular flexibility index (Phi) is 3.52. The number of fused-ring (bicyclic) bond motifs is 1. The monoisotopic (exact) mass is 257 g/mol. The first-order valence-corrected chi connectivity index (χ1v) is 6.85. The first kappa shape index (κ1) is 12.6. The molecule has 2 fully saturated rings. The summed E-state index contributed by atoms with van der Waals surface area (Å²) in [6.45, 7) is 6.88. The standard InChI is InChI=1S/C15H19N3O/c1-11-12(7-16)3-2-4-14(11)15-9-18-6-5-17-8-13(18)10-19-15/h2-4,13,15,17H,5-6,8-10H2,1H3. The molecular weight excluding hydrogens is 238 g/mol. The molecule has 0 spiro atoms. The van der Waals surface area contributed by atoms with Crippen molar-refractivity contribution >= 4 is 0 Å². The van der Waals surface area contributed by atoms with Crippen molar-refractivity contribution in [1.29, 1.82) is 5.26 Å². The number of nitriles is 1. The van der Waals surface area contributed by atoms with Gasteiger partial charge in [0.15, 0.2) is 0 Å². The smallest absolute Gasteiger partial charge is 0.0994 e. The fourth-order valence-electron chi connectivity index (χ4n) is 3.01. The third-order valence-electron chi connectivity index (χ3n) is 4.21. The fourth-order valence-corrected chi connectivity index (χ4v) is 3.01. The summed E-state index contributed by atoms with van der Waals surface area (Å²) in [6.07, 6.45) is 0.0997. The first-order chi connectivity index (χ1) is 9.29. The number of rotatable bonds is 1. The Morgan fingerprint density at radius 1 is 1.47 bits per heavy atom. The summed E-state index contributed by atoms with van der Waals surface area (Å²) < 4.78 is 6.02. The predicted molar refractivity (Wildman–Crippen MR) is 72.8 cm³/mol. The third kappa shape index (κ3) is 2.37. The van der Waals surface area contributed by atoms with Crippen LogP contribution in [-0.4, -0.2) is 43.7 Å². The van der Waals surface area contributed by atoms with E-state index in [1.807, 2.05) is 19.1 Å². The van der Waals surface area contributed by atoms with E-state index in [0.29, 0.717) is 6.04 Å². The SMILES string of the molecule is Cc1c(C#N)cccc1C1CN2CCNCC2CO1. The highest BCUT2D eigenvalue weighted by atomic mass is 16.5. The molecule has 3 rings (SSSR count). The molecule has 1 aromatic carbocycles. The number of ether oxygens (including phenoxy) is 1. The van der Waals surface area contributed by atoms with Crippen LogP contribution in [0.25, 0.3) is 0 Å². The molecule has 2 aliphatic rings. The van der Waals surface area contributed by atoms with Crippen LogP contribution in [0, 0.1) is 18.3 Å². The van der Waals surface area contributed by atoms with Gasteiger partial charge in [0.05, 0.1) is 24.3 Å². The molecule has 1 aromatic rings. The molecule has 100 valence electrons. The van der Waals surface area contributed by atoms with E-state index in [1.54, 1.807) is 0 Å². The summed E-state index contributed by atoms with van der Waals surface area (Å²) in [5, 5.41) is 12.5. The van der Waals surface area contributed by atoms with Gasteiger partial charge in [0.1, 0.15) is 0 Å². The van der Waals surface area contributed by atoms with E-state index in [-0.39, 0.29) is 6.10 Å². The molecule has 2 heterocycles. The maximum atomic E-state index is 9.12. The zero-order valence-electron chi connectivity index (χ0n) is 11.2. The number of piperazine rings is 1. The average Bonchev–Trinajstić information content (AvgIpc) is 2.47. The van der Waals surface area contributed by atoms with Gasteiger partial charge in [0.25, 0.3) is 0 Å². The van der Waals surface area contributed by atoms with Crippen molar-refractivity contribution in [2.24, 2.45) is 0 Å². The van der Waals surface area contributed by atoms with Crippen molar-refractivity contribution in [3.8, 4) is 6.07 Å². The maximum Gasteiger partial charge on any atom is 0.0994 e. The molecule has 2 saturated heterocycles. The molecule has 0 aromatic heterocycles. The van der Waals surface area contributed by atoms with Gasteiger partial charge in [-0.15, -0.1) is 0 Å². The topological polar surface area (TPSA) is 48.3 Å². The van der Waals surface area contributed by atoms with Crippen LogP contribution in [0.2, 0.25) is 0 Å². The van der Waals surface area contributed by atoms with E-state index in [1.165, 1.54) is 0 Å². The second kappa shape index (κ2) is 5.30. The summed E-state index contributed by atoms with van der Waals surface area (Å²) in [5.41, 5.74) is 2.98. The summed E-state index contributed by atoms with van der Waals surface area (Å²) in [5.74, 6) is 0. The molecule has 0 aliphatic carbocycles. The van der Waals surface area contributed by atoms with Crippen molar-refractivity contribution in [3.63, 3.8) is 0 Å². The molecule has 1 N–H and O–H groups in total. The minimum absolute atomic E-state index is 0.0997. The van der Waals surface area contributed by atoms with Crippen molar-refractivity contribution < 1.29 is 4.74 Å². The highest BCUT2D eigenvalue weighted by molar-refractivity contribution is 5.43. The zero-order valence-corrected chi connectivity index (χ0v) is 11.2. The normalized spacial score (nSPS) is 27.6. The number of nitrogens with one attached hydrogen (secondary N) is 1. The molecule has 0 saturated carbocycles.